The van der Waals surface area contributed by atoms with Gasteiger partial charge < -0.3 is 0 Å². The summed E-state index contributed by atoms with van der Waals surface area (Å²) in [5, 5.41) is 5.86. The van der Waals surface area contributed by atoms with Crippen LogP contribution in [0.2, 0.25) is 0 Å². The molecular formula is C23H24N6OS2. The predicted molar refractivity (Wildman–Crippen MR) is 127 cm³/mol. The first-order chi connectivity index (χ1) is 15.6. The molecule has 32 heavy (non-hydrogen) atoms. The molecule has 0 spiro atoms. The van der Waals surface area contributed by atoms with E-state index in [-0.39, 0.29) is 11.7 Å². The molecule has 0 saturated heterocycles. The van der Waals surface area contributed by atoms with Crippen LogP contribution < -0.4 is 4.90 Å². The van der Waals surface area contributed by atoms with Crippen LogP contribution in [0.25, 0.3) is 5.78 Å². The number of benzene rings is 1. The monoisotopic (exact) mass is 464 g/mol. The fraction of sp³-hybridized carbons (Fsp3) is 0.348. The Bertz CT molecular complexity index is 1240. The van der Waals surface area contributed by atoms with E-state index in [2.05, 4.69) is 15.1 Å². The van der Waals surface area contributed by atoms with E-state index in [1.54, 1.807) is 15.9 Å². The maximum absolute atomic E-state index is 13.4. The number of amides is 1. The minimum atomic E-state index is 0.00432. The van der Waals surface area contributed by atoms with Gasteiger partial charge in [-0.1, -0.05) is 42.1 Å². The van der Waals surface area contributed by atoms with Gasteiger partial charge in [0.25, 0.3) is 5.78 Å². The molecule has 0 atom stereocenters. The maximum Gasteiger partial charge on any atom is 0.253 e. The fourth-order valence-electron chi connectivity index (χ4n) is 3.90. The Labute approximate surface area is 194 Å². The van der Waals surface area contributed by atoms with E-state index in [9.17, 15) is 4.79 Å². The van der Waals surface area contributed by atoms with Gasteiger partial charge in [-0.3, -0.25) is 9.69 Å². The van der Waals surface area contributed by atoms with Gasteiger partial charge >= 0.3 is 0 Å². The standard InChI is InChI=1S/C23H24N6OS2/c1-15-12-16(2)29-21(24-15)26-22(27-29)31-14-20(30)28(13-17-8-4-3-5-9-17)23-25-18-10-6-7-11-19(18)32-23/h3-5,8-9,12H,6-7,10-11,13-14H2,1-2H3. The second-order valence-electron chi connectivity index (χ2n) is 7.97. The van der Waals surface area contributed by atoms with Crippen LogP contribution in [0, 0.1) is 13.8 Å². The Kier molecular flexibility index (Phi) is 5.93. The van der Waals surface area contributed by atoms with E-state index < -0.39 is 0 Å². The molecule has 1 aromatic carbocycles. The molecule has 5 rings (SSSR count). The first-order valence-corrected chi connectivity index (χ1v) is 12.5. The Morgan fingerprint density at radius 2 is 1.94 bits per heavy atom. The summed E-state index contributed by atoms with van der Waals surface area (Å²) in [6.45, 7) is 4.42. The molecule has 0 saturated carbocycles. The van der Waals surface area contributed by atoms with Crippen LogP contribution in [0.15, 0.2) is 41.6 Å². The van der Waals surface area contributed by atoms with E-state index in [1.165, 1.54) is 29.5 Å². The third-order valence-electron chi connectivity index (χ3n) is 5.47. The summed E-state index contributed by atoms with van der Waals surface area (Å²) in [7, 11) is 0. The number of anilines is 1. The average molecular weight is 465 g/mol. The number of carbonyl (C=O) groups is 1. The average Bonchev–Trinajstić information content (AvgIpc) is 3.40. The highest BCUT2D eigenvalue weighted by Crippen LogP contribution is 2.33. The van der Waals surface area contributed by atoms with Crippen LogP contribution in [-0.2, 0) is 24.2 Å². The Morgan fingerprint density at radius 1 is 1.12 bits per heavy atom. The lowest BCUT2D eigenvalue weighted by Gasteiger charge is -2.19. The lowest BCUT2D eigenvalue weighted by molar-refractivity contribution is -0.116. The zero-order valence-electron chi connectivity index (χ0n) is 18.1. The number of thiazole rings is 1. The van der Waals surface area contributed by atoms with Crippen LogP contribution in [-0.4, -0.2) is 36.2 Å². The van der Waals surface area contributed by atoms with Gasteiger partial charge in [-0.05, 0) is 51.2 Å². The summed E-state index contributed by atoms with van der Waals surface area (Å²) < 4.78 is 1.72. The molecule has 0 unspecified atom stereocenters. The minimum absolute atomic E-state index is 0.00432. The molecule has 164 valence electrons. The molecule has 0 fully saturated rings. The number of thioether (sulfide) groups is 1. The largest absolute Gasteiger partial charge is 0.283 e. The first-order valence-electron chi connectivity index (χ1n) is 10.7. The van der Waals surface area contributed by atoms with Gasteiger partial charge in [0.2, 0.25) is 11.1 Å². The van der Waals surface area contributed by atoms with E-state index >= 15 is 0 Å². The number of nitrogens with zero attached hydrogens (tertiary/aromatic N) is 6. The minimum Gasteiger partial charge on any atom is -0.283 e. The van der Waals surface area contributed by atoms with Crippen molar-refractivity contribution in [2.24, 2.45) is 0 Å². The molecule has 3 heterocycles. The molecule has 3 aromatic heterocycles. The second-order valence-corrected chi connectivity index (χ2v) is 9.98. The van der Waals surface area contributed by atoms with E-state index in [4.69, 9.17) is 4.98 Å². The summed E-state index contributed by atoms with van der Waals surface area (Å²) in [5.74, 6) is 0.808. The highest BCUT2D eigenvalue weighted by molar-refractivity contribution is 7.99. The lowest BCUT2D eigenvalue weighted by Crippen LogP contribution is -2.32. The van der Waals surface area contributed by atoms with Gasteiger partial charge in [0, 0.05) is 16.3 Å². The van der Waals surface area contributed by atoms with Gasteiger partial charge in [-0.15, -0.1) is 16.4 Å². The van der Waals surface area contributed by atoms with Gasteiger partial charge in [0.05, 0.1) is 18.0 Å². The van der Waals surface area contributed by atoms with Crippen molar-refractivity contribution < 1.29 is 4.79 Å². The van der Waals surface area contributed by atoms with Crippen molar-refractivity contribution in [3.05, 3.63) is 63.9 Å². The van der Waals surface area contributed by atoms with Crippen molar-refractivity contribution in [2.75, 3.05) is 10.7 Å². The molecule has 1 amide bonds. The van der Waals surface area contributed by atoms with E-state index in [1.807, 2.05) is 55.1 Å². The molecule has 1 aliphatic carbocycles. The molecule has 9 heteroatoms. The van der Waals surface area contributed by atoms with Gasteiger partial charge in [-0.25, -0.2) is 14.5 Å². The van der Waals surface area contributed by atoms with Crippen LogP contribution in [0.3, 0.4) is 0 Å². The zero-order chi connectivity index (χ0) is 22.1. The van der Waals surface area contributed by atoms with Crippen molar-refractivity contribution in [3.8, 4) is 0 Å². The Morgan fingerprint density at radius 3 is 2.75 bits per heavy atom. The number of hydrogen-bond acceptors (Lipinski definition) is 7. The predicted octanol–water partition coefficient (Wildman–Crippen LogP) is 4.40. The molecule has 0 N–H and O–H groups in total. The van der Waals surface area contributed by atoms with Crippen molar-refractivity contribution in [3.63, 3.8) is 0 Å². The molecule has 1 aliphatic rings. The second kappa shape index (κ2) is 8.99. The normalized spacial score (nSPS) is 13.3. The number of aromatic nitrogens is 5. The summed E-state index contributed by atoms with van der Waals surface area (Å²) in [4.78, 5) is 30.3. The van der Waals surface area contributed by atoms with Crippen molar-refractivity contribution in [2.45, 2.75) is 51.2 Å². The van der Waals surface area contributed by atoms with Crippen LogP contribution in [0.5, 0.6) is 0 Å². The fourth-order valence-corrected chi connectivity index (χ4v) is 5.75. The SMILES string of the molecule is Cc1cc(C)n2nc(SCC(=O)N(Cc3ccccc3)c3nc4c(s3)CCCC4)nc2n1. The van der Waals surface area contributed by atoms with Crippen LogP contribution >= 0.6 is 23.1 Å². The summed E-state index contributed by atoms with van der Waals surface area (Å²) in [5.41, 5.74) is 4.11. The topological polar surface area (TPSA) is 76.3 Å². The van der Waals surface area contributed by atoms with Crippen molar-refractivity contribution in [1.29, 1.82) is 0 Å². The number of fused-ring (bicyclic) bond motifs is 2. The summed E-state index contributed by atoms with van der Waals surface area (Å²) in [6, 6.07) is 12.0. The van der Waals surface area contributed by atoms with Gasteiger partial charge in [0.1, 0.15) is 0 Å². The number of carbonyl (C=O) groups excluding carboxylic acids is 1. The Hall–Kier alpha value is -2.78. The zero-order valence-corrected chi connectivity index (χ0v) is 19.7. The van der Waals surface area contributed by atoms with Crippen molar-refractivity contribution >= 4 is 39.9 Å². The third-order valence-corrected chi connectivity index (χ3v) is 7.48. The third kappa shape index (κ3) is 4.40. The Balaban J connectivity index is 1.37. The first kappa shape index (κ1) is 21.1. The molecule has 0 radical (unpaired) electrons. The molecular weight excluding hydrogens is 440 g/mol. The van der Waals surface area contributed by atoms with Crippen LogP contribution in [0.4, 0.5) is 5.13 Å². The number of hydrogen-bond donors (Lipinski definition) is 0. The molecule has 4 aromatic rings. The number of rotatable bonds is 6. The van der Waals surface area contributed by atoms with E-state index in [0.717, 1.165) is 40.6 Å². The van der Waals surface area contributed by atoms with Gasteiger partial charge in [-0.2, -0.15) is 4.98 Å². The van der Waals surface area contributed by atoms with Crippen molar-refractivity contribution in [1.82, 2.24) is 24.6 Å². The van der Waals surface area contributed by atoms with Gasteiger partial charge in [0.15, 0.2) is 5.13 Å². The molecule has 0 bridgehead atoms. The molecule has 7 nitrogen and oxygen atoms in total. The number of aryl methyl sites for hydroxylation is 4. The van der Waals surface area contributed by atoms with E-state index in [0.29, 0.717) is 17.5 Å². The smallest absolute Gasteiger partial charge is 0.253 e. The van der Waals surface area contributed by atoms with Crippen LogP contribution in [0.1, 0.15) is 40.4 Å². The maximum atomic E-state index is 13.4. The summed E-state index contributed by atoms with van der Waals surface area (Å²) >= 11 is 3.00. The highest BCUT2D eigenvalue weighted by Gasteiger charge is 2.24. The lowest BCUT2D eigenvalue weighted by atomic mass is 10.0. The molecule has 0 aliphatic heterocycles. The quantitative estimate of drug-likeness (QED) is 0.394. The highest BCUT2D eigenvalue weighted by atomic mass is 32.2. The summed E-state index contributed by atoms with van der Waals surface area (Å²) in [6.07, 6.45) is 4.44.